The number of hydrogen-bond donors (Lipinski definition) is 3. The number of hydrogen-bond acceptors (Lipinski definition) is 4. The van der Waals surface area contributed by atoms with Crippen molar-refractivity contribution in [3.8, 4) is 5.75 Å². The third-order valence-corrected chi connectivity index (χ3v) is 4.27. The Bertz CT molecular complexity index is 672. The molecule has 0 fully saturated rings. The van der Waals surface area contributed by atoms with Crippen LogP contribution in [0.25, 0.3) is 0 Å². The molecular weight excluding hydrogens is 315 g/mol. The van der Waals surface area contributed by atoms with E-state index in [4.69, 9.17) is 0 Å². The highest BCUT2D eigenvalue weighted by Crippen LogP contribution is 2.16. The number of rotatable bonds is 6. The third kappa shape index (κ3) is 5.21. The van der Waals surface area contributed by atoms with Gasteiger partial charge in [0.25, 0.3) is 0 Å². The molecule has 0 bridgehead atoms. The average molecular weight is 336 g/mol. The second-order valence-corrected chi connectivity index (χ2v) is 6.11. The molecule has 1 aromatic heterocycles. The summed E-state index contributed by atoms with van der Waals surface area (Å²) in [5.41, 5.74) is 0.694. The van der Waals surface area contributed by atoms with Gasteiger partial charge in [-0.2, -0.15) is 0 Å². The molecule has 23 heavy (non-hydrogen) atoms. The molecule has 0 aliphatic rings. The minimum Gasteiger partial charge on any atom is -0.505 e. The fraction of sp³-hybridized carbons (Fsp3) is 0.375. The van der Waals surface area contributed by atoms with Crippen molar-refractivity contribution >= 4 is 17.3 Å². The minimum atomic E-state index is -0.634. The van der Waals surface area contributed by atoms with Crippen LogP contribution in [0.5, 0.6) is 5.75 Å². The second-order valence-electron chi connectivity index (χ2n) is 4.91. The summed E-state index contributed by atoms with van der Waals surface area (Å²) < 4.78 is 13.3. The molecule has 2 rings (SSSR count). The number of aryl methyl sites for hydroxylation is 1. The summed E-state index contributed by atoms with van der Waals surface area (Å²) in [5, 5.41) is 16.6. The van der Waals surface area contributed by atoms with E-state index in [2.05, 4.69) is 27.5 Å². The molecule has 0 amide bonds. The zero-order valence-electron chi connectivity index (χ0n) is 13.3. The number of phenolic OH excluding ortho intramolecular Hbond substituents is 1. The topological polar surface area (TPSA) is 69.5 Å². The molecule has 5 nitrogen and oxygen atoms in total. The summed E-state index contributed by atoms with van der Waals surface area (Å²) in [6.45, 7) is 5.74. The van der Waals surface area contributed by atoms with Gasteiger partial charge in [0.2, 0.25) is 0 Å². The number of phenols is 1. The van der Waals surface area contributed by atoms with Gasteiger partial charge in [-0.05, 0) is 31.0 Å². The number of nitrogens with zero attached hydrogens (tertiary/aromatic N) is 2. The molecule has 2 aromatic rings. The average Bonchev–Trinajstić information content (AvgIpc) is 3.01. The van der Waals surface area contributed by atoms with E-state index in [1.807, 2.05) is 13.1 Å². The van der Waals surface area contributed by atoms with Crippen molar-refractivity contribution in [2.75, 3.05) is 6.54 Å². The van der Waals surface area contributed by atoms with Crippen molar-refractivity contribution in [1.82, 2.24) is 15.6 Å². The molecule has 1 heterocycles. The fourth-order valence-corrected chi connectivity index (χ4v) is 2.72. The van der Waals surface area contributed by atoms with Gasteiger partial charge in [-0.25, -0.2) is 14.4 Å². The Balaban J connectivity index is 1.97. The molecule has 0 aliphatic carbocycles. The van der Waals surface area contributed by atoms with Gasteiger partial charge in [0, 0.05) is 17.6 Å². The lowest BCUT2D eigenvalue weighted by Gasteiger charge is -2.10. The predicted octanol–water partition coefficient (Wildman–Crippen LogP) is 2.81. The van der Waals surface area contributed by atoms with Gasteiger partial charge in [0.15, 0.2) is 17.5 Å². The number of aromatic nitrogens is 1. The SMILES string of the molecule is CCNC(=NCc1ccc(O)c(F)c1)NCc1ncc(CC)s1. The molecule has 0 radical (unpaired) electrons. The van der Waals surface area contributed by atoms with Crippen LogP contribution in [0.2, 0.25) is 0 Å². The summed E-state index contributed by atoms with van der Waals surface area (Å²) in [7, 11) is 0. The van der Waals surface area contributed by atoms with Gasteiger partial charge >= 0.3 is 0 Å². The number of aromatic hydroxyl groups is 1. The van der Waals surface area contributed by atoms with E-state index >= 15 is 0 Å². The summed E-state index contributed by atoms with van der Waals surface area (Å²) in [6.07, 6.45) is 2.88. The lowest BCUT2D eigenvalue weighted by atomic mass is 10.2. The lowest BCUT2D eigenvalue weighted by Crippen LogP contribution is -2.36. The smallest absolute Gasteiger partial charge is 0.191 e. The Morgan fingerprint density at radius 3 is 2.83 bits per heavy atom. The first kappa shape index (κ1) is 17.2. The highest BCUT2D eigenvalue weighted by atomic mass is 32.1. The monoisotopic (exact) mass is 336 g/mol. The van der Waals surface area contributed by atoms with E-state index in [1.165, 1.54) is 17.0 Å². The van der Waals surface area contributed by atoms with Gasteiger partial charge in [0.1, 0.15) is 5.01 Å². The van der Waals surface area contributed by atoms with Crippen LogP contribution in [-0.2, 0) is 19.5 Å². The lowest BCUT2D eigenvalue weighted by molar-refractivity contribution is 0.432. The molecule has 0 spiro atoms. The van der Waals surface area contributed by atoms with Crippen molar-refractivity contribution in [2.24, 2.45) is 4.99 Å². The van der Waals surface area contributed by atoms with Crippen LogP contribution in [0.4, 0.5) is 4.39 Å². The van der Waals surface area contributed by atoms with E-state index in [0.717, 1.165) is 18.0 Å². The normalized spacial score (nSPS) is 11.5. The molecular formula is C16H21FN4OS. The van der Waals surface area contributed by atoms with Crippen LogP contribution in [0, 0.1) is 5.82 Å². The molecule has 0 saturated carbocycles. The van der Waals surface area contributed by atoms with Gasteiger partial charge in [0.05, 0.1) is 13.1 Å². The molecule has 0 atom stereocenters. The number of nitrogens with one attached hydrogen (secondary N) is 2. The Morgan fingerprint density at radius 1 is 1.35 bits per heavy atom. The molecule has 1 aromatic carbocycles. The maximum atomic E-state index is 13.3. The van der Waals surface area contributed by atoms with Crippen molar-refractivity contribution in [3.63, 3.8) is 0 Å². The Hall–Kier alpha value is -2.15. The summed E-state index contributed by atoms with van der Waals surface area (Å²) >= 11 is 1.68. The molecule has 124 valence electrons. The standard InChI is InChI=1S/C16H21FN4OS/c1-3-12-9-19-15(23-12)10-21-16(18-4-2)20-8-11-5-6-14(22)13(17)7-11/h5-7,9,22H,3-4,8,10H2,1-2H3,(H2,18,20,21). The van der Waals surface area contributed by atoms with Gasteiger partial charge in [-0.15, -0.1) is 11.3 Å². The van der Waals surface area contributed by atoms with Crippen LogP contribution in [0.15, 0.2) is 29.4 Å². The van der Waals surface area contributed by atoms with Crippen molar-refractivity contribution in [2.45, 2.75) is 33.4 Å². The van der Waals surface area contributed by atoms with Gasteiger partial charge in [-0.3, -0.25) is 0 Å². The number of guanidine groups is 1. The Kier molecular flexibility index (Phi) is 6.34. The summed E-state index contributed by atoms with van der Waals surface area (Å²) in [6, 6.07) is 4.28. The zero-order chi connectivity index (χ0) is 16.7. The molecule has 7 heteroatoms. The van der Waals surface area contributed by atoms with Crippen LogP contribution >= 0.6 is 11.3 Å². The molecule has 3 N–H and O–H groups in total. The van der Waals surface area contributed by atoms with Gasteiger partial charge in [-0.1, -0.05) is 13.0 Å². The highest BCUT2D eigenvalue weighted by molar-refractivity contribution is 7.11. The van der Waals surface area contributed by atoms with E-state index in [9.17, 15) is 9.50 Å². The van der Waals surface area contributed by atoms with Crippen LogP contribution in [0.3, 0.4) is 0 Å². The summed E-state index contributed by atoms with van der Waals surface area (Å²) in [5.74, 6) is -0.335. The van der Waals surface area contributed by atoms with E-state index in [-0.39, 0.29) is 5.75 Å². The quantitative estimate of drug-likeness (QED) is 0.560. The van der Waals surface area contributed by atoms with E-state index < -0.39 is 5.82 Å². The first-order chi connectivity index (χ1) is 11.1. The van der Waals surface area contributed by atoms with Crippen LogP contribution < -0.4 is 10.6 Å². The predicted molar refractivity (Wildman–Crippen MR) is 91.2 cm³/mol. The number of aliphatic imine (C=N–C) groups is 1. The first-order valence-corrected chi connectivity index (χ1v) is 8.37. The highest BCUT2D eigenvalue weighted by Gasteiger charge is 2.04. The minimum absolute atomic E-state index is 0.324. The van der Waals surface area contributed by atoms with Crippen molar-refractivity contribution < 1.29 is 9.50 Å². The first-order valence-electron chi connectivity index (χ1n) is 7.55. The third-order valence-electron chi connectivity index (χ3n) is 3.13. The zero-order valence-corrected chi connectivity index (χ0v) is 14.1. The van der Waals surface area contributed by atoms with Gasteiger partial charge < -0.3 is 15.7 Å². The maximum Gasteiger partial charge on any atom is 0.191 e. The van der Waals surface area contributed by atoms with Crippen LogP contribution in [0.1, 0.15) is 29.3 Å². The largest absolute Gasteiger partial charge is 0.505 e. The maximum absolute atomic E-state index is 13.3. The van der Waals surface area contributed by atoms with Crippen LogP contribution in [-0.4, -0.2) is 22.6 Å². The fourth-order valence-electron chi connectivity index (χ4n) is 1.91. The van der Waals surface area contributed by atoms with Crippen molar-refractivity contribution in [3.05, 3.63) is 45.7 Å². The van der Waals surface area contributed by atoms with Crippen molar-refractivity contribution in [1.29, 1.82) is 0 Å². The molecule has 0 aliphatic heterocycles. The Morgan fingerprint density at radius 2 is 2.17 bits per heavy atom. The molecule has 0 unspecified atom stereocenters. The van der Waals surface area contributed by atoms with E-state index in [0.29, 0.717) is 24.6 Å². The second kappa shape index (κ2) is 8.47. The number of thiazole rings is 1. The summed E-state index contributed by atoms with van der Waals surface area (Å²) in [4.78, 5) is 10.0. The molecule has 0 saturated heterocycles. The number of halogens is 1. The van der Waals surface area contributed by atoms with E-state index in [1.54, 1.807) is 17.4 Å². The number of benzene rings is 1. The Labute approximate surface area is 139 Å².